The van der Waals surface area contributed by atoms with Crippen molar-refractivity contribution in [3.05, 3.63) is 35.9 Å². The highest BCUT2D eigenvalue weighted by Gasteiger charge is 2.15. The molecular weight excluding hydrogens is 205 g/mol. The van der Waals surface area contributed by atoms with E-state index in [2.05, 4.69) is 35.6 Å². The summed E-state index contributed by atoms with van der Waals surface area (Å²) in [5.41, 5.74) is 1.48. The molecule has 1 aliphatic rings. The molecule has 1 aromatic rings. The fraction of sp³-hybridized carbons (Fsp3) is 0.400. The van der Waals surface area contributed by atoms with Crippen molar-refractivity contribution in [2.45, 2.75) is 12.3 Å². The fourth-order valence-electron chi connectivity index (χ4n) is 1.66. The maximum atomic E-state index is 3.37. The van der Waals surface area contributed by atoms with Crippen molar-refractivity contribution in [2.75, 3.05) is 13.1 Å². The Labute approximate surface area is 91.7 Å². The van der Waals surface area contributed by atoms with Crippen molar-refractivity contribution < 1.29 is 0 Å². The van der Waals surface area contributed by atoms with Gasteiger partial charge in [0.15, 0.2) is 0 Å². The second-order valence-electron chi connectivity index (χ2n) is 3.10. The first-order valence-electron chi connectivity index (χ1n) is 4.22. The summed E-state index contributed by atoms with van der Waals surface area (Å²) in [4.78, 5) is 0. The van der Waals surface area contributed by atoms with Crippen molar-refractivity contribution in [1.29, 1.82) is 0 Å². The van der Waals surface area contributed by atoms with Gasteiger partial charge in [-0.15, -0.1) is 24.8 Å². The molecule has 1 atom stereocenters. The predicted octanol–water partition coefficient (Wildman–Crippen LogP) is 2.61. The highest BCUT2D eigenvalue weighted by Crippen LogP contribution is 2.21. The molecule has 0 aromatic heterocycles. The van der Waals surface area contributed by atoms with Crippen molar-refractivity contribution in [2.24, 2.45) is 0 Å². The van der Waals surface area contributed by atoms with E-state index in [1.807, 2.05) is 0 Å². The Balaban J connectivity index is 0.000000720. The van der Waals surface area contributed by atoms with Gasteiger partial charge in [0.2, 0.25) is 0 Å². The Morgan fingerprint density at radius 1 is 1.08 bits per heavy atom. The number of hydrogen-bond donors (Lipinski definition) is 1. The molecule has 0 bridgehead atoms. The van der Waals surface area contributed by atoms with Crippen molar-refractivity contribution in [1.82, 2.24) is 5.32 Å². The topological polar surface area (TPSA) is 12.0 Å². The molecule has 1 saturated heterocycles. The lowest BCUT2D eigenvalue weighted by atomic mass is 9.99. The van der Waals surface area contributed by atoms with E-state index in [4.69, 9.17) is 0 Å². The molecule has 1 unspecified atom stereocenters. The van der Waals surface area contributed by atoms with Crippen LogP contribution in [0.15, 0.2) is 30.3 Å². The summed E-state index contributed by atoms with van der Waals surface area (Å²) in [5.74, 6) is 0.760. The van der Waals surface area contributed by atoms with Gasteiger partial charge < -0.3 is 5.32 Å². The Hall–Kier alpha value is -0.240. The van der Waals surface area contributed by atoms with Crippen LogP contribution >= 0.6 is 24.8 Å². The predicted molar refractivity (Wildman–Crippen MR) is 61.2 cm³/mol. The van der Waals surface area contributed by atoms with Crippen molar-refractivity contribution in [3.8, 4) is 0 Å². The highest BCUT2D eigenvalue weighted by molar-refractivity contribution is 5.85. The zero-order valence-electron chi connectivity index (χ0n) is 7.40. The number of nitrogens with one attached hydrogen (secondary N) is 1. The smallest absolute Gasteiger partial charge is 0.00206 e. The summed E-state index contributed by atoms with van der Waals surface area (Å²) in [6.07, 6.45) is 1.30. The average molecular weight is 220 g/mol. The molecule has 0 amide bonds. The maximum absolute atomic E-state index is 3.37. The summed E-state index contributed by atoms with van der Waals surface area (Å²) >= 11 is 0. The lowest BCUT2D eigenvalue weighted by Crippen LogP contribution is -2.07. The maximum Gasteiger partial charge on any atom is 0.00206 e. The minimum atomic E-state index is 0. The Kier molecular flexibility index (Phi) is 6.13. The standard InChI is InChI=1S/C10H13N.2ClH/c1-2-4-9(5-3-1)10-6-7-11-8-10;;/h1-5,10-11H,6-8H2;2*1H. The molecule has 2 rings (SSSR count). The Morgan fingerprint density at radius 3 is 2.31 bits per heavy atom. The van der Waals surface area contributed by atoms with Crippen molar-refractivity contribution >= 4 is 24.8 Å². The van der Waals surface area contributed by atoms with Gasteiger partial charge in [0.1, 0.15) is 0 Å². The number of hydrogen-bond acceptors (Lipinski definition) is 1. The zero-order valence-corrected chi connectivity index (χ0v) is 9.03. The molecule has 0 radical (unpaired) electrons. The monoisotopic (exact) mass is 219 g/mol. The lowest BCUT2D eigenvalue weighted by molar-refractivity contribution is 0.763. The van der Waals surface area contributed by atoms with Gasteiger partial charge in [0.25, 0.3) is 0 Å². The van der Waals surface area contributed by atoms with Gasteiger partial charge in [-0.25, -0.2) is 0 Å². The van der Waals surface area contributed by atoms with Crippen LogP contribution in [0.25, 0.3) is 0 Å². The summed E-state index contributed by atoms with van der Waals surface area (Å²) < 4.78 is 0. The van der Waals surface area contributed by atoms with Gasteiger partial charge in [0.05, 0.1) is 0 Å². The molecule has 1 nitrogen and oxygen atoms in total. The third kappa shape index (κ3) is 3.18. The zero-order chi connectivity index (χ0) is 7.52. The highest BCUT2D eigenvalue weighted by atomic mass is 35.5. The minimum absolute atomic E-state index is 0. The molecule has 0 aliphatic carbocycles. The van der Waals surface area contributed by atoms with E-state index in [0.29, 0.717) is 0 Å². The van der Waals surface area contributed by atoms with E-state index < -0.39 is 0 Å². The quantitative estimate of drug-likeness (QED) is 0.767. The third-order valence-electron chi connectivity index (χ3n) is 2.33. The molecule has 1 aromatic carbocycles. The van der Waals surface area contributed by atoms with Crippen LogP contribution in [-0.2, 0) is 0 Å². The van der Waals surface area contributed by atoms with Crippen molar-refractivity contribution in [3.63, 3.8) is 0 Å². The molecule has 1 fully saturated rings. The van der Waals surface area contributed by atoms with E-state index in [9.17, 15) is 0 Å². The van der Waals surface area contributed by atoms with Crippen LogP contribution in [-0.4, -0.2) is 13.1 Å². The lowest BCUT2D eigenvalue weighted by Gasteiger charge is -2.06. The molecule has 0 spiro atoms. The number of benzene rings is 1. The first-order chi connectivity index (χ1) is 5.47. The van der Waals surface area contributed by atoms with Gasteiger partial charge in [-0.05, 0) is 24.4 Å². The van der Waals surface area contributed by atoms with Gasteiger partial charge in [-0.2, -0.15) is 0 Å². The largest absolute Gasteiger partial charge is 0.316 e. The second-order valence-corrected chi connectivity index (χ2v) is 3.10. The molecular formula is C10H15Cl2N. The van der Waals surface area contributed by atoms with Crippen LogP contribution in [0.2, 0.25) is 0 Å². The summed E-state index contributed by atoms with van der Waals surface area (Å²) in [6.45, 7) is 2.34. The van der Waals surface area contributed by atoms with Crippen LogP contribution in [0, 0.1) is 0 Å². The summed E-state index contributed by atoms with van der Waals surface area (Å²) in [6, 6.07) is 10.8. The molecule has 13 heavy (non-hydrogen) atoms. The number of halogens is 2. The van der Waals surface area contributed by atoms with Gasteiger partial charge in [-0.1, -0.05) is 30.3 Å². The Bertz CT molecular complexity index is 220. The van der Waals surface area contributed by atoms with Crippen LogP contribution in [0.3, 0.4) is 0 Å². The molecule has 1 heterocycles. The molecule has 1 aliphatic heterocycles. The van der Waals surface area contributed by atoms with E-state index in [1.165, 1.54) is 18.5 Å². The second kappa shape index (κ2) is 6.25. The van der Waals surface area contributed by atoms with Gasteiger partial charge in [-0.3, -0.25) is 0 Å². The van der Waals surface area contributed by atoms with Crippen LogP contribution in [0.4, 0.5) is 0 Å². The van der Waals surface area contributed by atoms with Crippen LogP contribution in [0.5, 0.6) is 0 Å². The molecule has 1 N–H and O–H groups in total. The van der Waals surface area contributed by atoms with Gasteiger partial charge >= 0.3 is 0 Å². The minimum Gasteiger partial charge on any atom is -0.316 e. The average Bonchev–Trinajstić information content (AvgIpc) is 2.58. The van der Waals surface area contributed by atoms with E-state index >= 15 is 0 Å². The van der Waals surface area contributed by atoms with E-state index in [-0.39, 0.29) is 24.8 Å². The fourth-order valence-corrected chi connectivity index (χ4v) is 1.66. The summed E-state index contributed by atoms with van der Waals surface area (Å²) in [5, 5.41) is 3.37. The van der Waals surface area contributed by atoms with Gasteiger partial charge in [0, 0.05) is 6.54 Å². The van der Waals surface area contributed by atoms with Crippen LogP contribution < -0.4 is 5.32 Å². The molecule has 0 saturated carbocycles. The van der Waals surface area contributed by atoms with Crippen LogP contribution in [0.1, 0.15) is 17.9 Å². The SMILES string of the molecule is Cl.Cl.c1ccc(C2CCNC2)cc1. The first kappa shape index (κ1) is 12.8. The first-order valence-corrected chi connectivity index (χ1v) is 4.22. The molecule has 3 heteroatoms. The van der Waals surface area contributed by atoms with E-state index in [0.717, 1.165) is 12.5 Å². The Morgan fingerprint density at radius 2 is 1.77 bits per heavy atom. The molecule has 74 valence electrons. The number of rotatable bonds is 1. The third-order valence-corrected chi connectivity index (χ3v) is 2.33. The normalized spacial score (nSPS) is 20.2. The van der Waals surface area contributed by atoms with E-state index in [1.54, 1.807) is 0 Å². The summed E-state index contributed by atoms with van der Waals surface area (Å²) in [7, 11) is 0.